The molecule has 0 bridgehead atoms. The Morgan fingerprint density at radius 1 is 1.32 bits per heavy atom. The number of amides is 1. The van der Waals surface area contributed by atoms with Gasteiger partial charge in [-0.1, -0.05) is 23.2 Å². The van der Waals surface area contributed by atoms with Crippen molar-refractivity contribution in [1.82, 2.24) is 4.90 Å². The number of aliphatic hydroxyl groups excluding tert-OH is 1. The molecule has 1 aliphatic heterocycles. The van der Waals surface area contributed by atoms with Crippen LogP contribution in [0.15, 0.2) is 18.2 Å². The van der Waals surface area contributed by atoms with Gasteiger partial charge < -0.3 is 10.0 Å². The van der Waals surface area contributed by atoms with Gasteiger partial charge >= 0.3 is 0 Å². The summed E-state index contributed by atoms with van der Waals surface area (Å²) in [6, 6.07) is 5.04. The fraction of sp³-hybridized carbons (Fsp3) is 0.500. The zero-order chi connectivity index (χ0) is 14.0. The van der Waals surface area contributed by atoms with Crippen LogP contribution in [0.25, 0.3) is 0 Å². The first-order chi connectivity index (χ1) is 9.01. The highest BCUT2D eigenvalue weighted by atomic mass is 35.5. The number of aliphatic hydroxyl groups is 1. The van der Waals surface area contributed by atoms with Gasteiger partial charge in [-0.25, -0.2) is 0 Å². The molecule has 2 unspecified atom stereocenters. The first kappa shape index (κ1) is 14.6. The second-order valence-electron chi connectivity index (χ2n) is 5.09. The van der Waals surface area contributed by atoms with E-state index in [4.69, 9.17) is 23.2 Å². The smallest absolute Gasteiger partial charge is 0.254 e. The van der Waals surface area contributed by atoms with Crippen LogP contribution in [0.5, 0.6) is 0 Å². The van der Waals surface area contributed by atoms with Gasteiger partial charge in [0.25, 0.3) is 5.91 Å². The van der Waals surface area contributed by atoms with Gasteiger partial charge in [0.15, 0.2) is 0 Å². The summed E-state index contributed by atoms with van der Waals surface area (Å²) in [5.74, 6) is 0.0878. The molecule has 1 amide bonds. The number of benzene rings is 1. The number of hydrogen-bond acceptors (Lipinski definition) is 2. The highest BCUT2D eigenvalue weighted by molar-refractivity contribution is 6.35. The van der Waals surface area contributed by atoms with Crippen molar-refractivity contribution in [2.75, 3.05) is 13.2 Å². The van der Waals surface area contributed by atoms with E-state index in [1.807, 2.05) is 6.92 Å². The molecule has 2 rings (SSSR count). The number of carbonyl (C=O) groups is 1. The van der Waals surface area contributed by atoms with E-state index in [-0.39, 0.29) is 24.5 Å². The predicted molar refractivity (Wildman–Crippen MR) is 76.8 cm³/mol. The minimum Gasteiger partial charge on any atom is -0.396 e. The van der Waals surface area contributed by atoms with Crippen LogP contribution in [0, 0.1) is 5.92 Å². The standard InChI is InChI=1S/C14H17Cl2NO2/c1-9-2-3-10(8-18)7-17(9)14(19)11-4-12(15)6-13(16)5-11/h4-6,9-10,18H,2-3,7-8H2,1H3. The Morgan fingerprint density at radius 2 is 1.95 bits per heavy atom. The van der Waals surface area contributed by atoms with Crippen LogP contribution in [0.1, 0.15) is 30.1 Å². The molecule has 0 radical (unpaired) electrons. The Hall–Kier alpha value is -0.770. The van der Waals surface area contributed by atoms with E-state index in [9.17, 15) is 9.90 Å². The van der Waals surface area contributed by atoms with Gasteiger partial charge in [0.2, 0.25) is 0 Å². The normalized spacial score (nSPS) is 23.5. The van der Waals surface area contributed by atoms with Gasteiger partial charge in [0.1, 0.15) is 0 Å². The molecule has 0 saturated carbocycles. The van der Waals surface area contributed by atoms with Gasteiger partial charge in [-0.3, -0.25) is 4.79 Å². The molecule has 5 heteroatoms. The molecule has 104 valence electrons. The molecule has 0 aliphatic carbocycles. The largest absolute Gasteiger partial charge is 0.396 e. The number of likely N-dealkylation sites (tertiary alicyclic amines) is 1. The predicted octanol–water partition coefficient (Wildman–Crippen LogP) is 3.23. The molecule has 2 atom stereocenters. The van der Waals surface area contributed by atoms with Gasteiger partial charge in [0.05, 0.1) is 0 Å². The molecular weight excluding hydrogens is 285 g/mol. The van der Waals surface area contributed by atoms with Crippen molar-refractivity contribution in [3.63, 3.8) is 0 Å². The lowest BCUT2D eigenvalue weighted by molar-refractivity contribution is 0.0489. The van der Waals surface area contributed by atoms with Crippen molar-refractivity contribution in [2.45, 2.75) is 25.8 Å². The number of hydrogen-bond donors (Lipinski definition) is 1. The zero-order valence-electron chi connectivity index (χ0n) is 10.8. The quantitative estimate of drug-likeness (QED) is 0.911. The van der Waals surface area contributed by atoms with Crippen LogP contribution in [-0.2, 0) is 0 Å². The van der Waals surface area contributed by atoms with E-state index in [2.05, 4.69) is 0 Å². The first-order valence-electron chi connectivity index (χ1n) is 6.39. The molecule has 1 aliphatic rings. The average molecular weight is 302 g/mol. The topological polar surface area (TPSA) is 40.5 Å². The summed E-state index contributed by atoms with van der Waals surface area (Å²) in [5, 5.41) is 10.2. The molecule has 0 aromatic heterocycles. The molecule has 3 nitrogen and oxygen atoms in total. The molecule has 1 N–H and O–H groups in total. The summed E-state index contributed by atoms with van der Waals surface area (Å²) in [5.41, 5.74) is 0.503. The van der Waals surface area contributed by atoms with Crippen molar-refractivity contribution in [1.29, 1.82) is 0 Å². The van der Waals surface area contributed by atoms with E-state index in [0.717, 1.165) is 12.8 Å². The lowest BCUT2D eigenvalue weighted by Gasteiger charge is -2.37. The minimum atomic E-state index is -0.0740. The van der Waals surface area contributed by atoms with E-state index in [1.165, 1.54) is 0 Å². The molecule has 1 aromatic rings. The fourth-order valence-electron chi connectivity index (χ4n) is 2.46. The number of nitrogens with zero attached hydrogens (tertiary/aromatic N) is 1. The van der Waals surface area contributed by atoms with Crippen LogP contribution >= 0.6 is 23.2 Å². The summed E-state index contributed by atoms with van der Waals surface area (Å²) in [6.45, 7) is 2.73. The molecule has 1 fully saturated rings. The summed E-state index contributed by atoms with van der Waals surface area (Å²) in [7, 11) is 0. The Kier molecular flexibility index (Phi) is 4.71. The first-order valence-corrected chi connectivity index (χ1v) is 7.14. The van der Waals surface area contributed by atoms with Gasteiger partial charge in [-0.2, -0.15) is 0 Å². The van der Waals surface area contributed by atoms with Crippen molar-refractivity contribution in [3.8, 4) is 0 Å². The SMILES string of the molecule is CC1CCC(CO)CN1C(=O)c1cc(Cl)cc(Cl)c1. The molecule has 1 aromatic carbocycles. The summed E-state index contributed by atoms with van der Waals surface area (Å²) in [4.78, 5) is 14.3. The monoisotopic (exact) mass is 301 g/mol. The molecule has 19 heavy (non-hydrogen) atoms. The third-order valence-electron chi connectivity index (χ3n) is 3.61. The lowest BCUT2D eigenvalue weighted by Crippen LogP contribution is -2.46. The summed E-state index contributed by atoms with van der Waals surface area (Å²) in [6.07, 6.45) is 1.86. The number of halogens is 2. The second-order valence-corrected chi connectivity index (χ2v) is 5.96. The summed E-state index contributed by atoms with van der Waals surface area (Å²) < 4.78 is 0. The lowest BCUT2D eigenvalue weighted by atomic mass is 9.93. The average Bonchev–Trinajstić information content (AvgIpc) is 2.37. The Bertz CT molecular complexity index is 458. The Balaban J connectivity index is 2.21. The number of piperidine rings is 1. The molecule has 1 saturated heterocycles. The van der Waals surface area contributed by atoms with Crippen LogP contribution in [0.4, 0.5) is 0 Å². The van der Waals surface area contributed by atoms with Crippen LogP contribution in [0.3, 0.4) is 0 Å². The Labute approximate surface area is 123 Å². The van der Waals surface area contributed by atoms with Crippen LogP contribution < -0.4 is 0 Å². The molecule has 1 heterocycles. The molecule has 0 spiro atoms. The van der Waals surface area contributed by atoms with Crippen molar-refractivity contribution in [3.05, 3.63) is 33.8 Å². The van der Waals surface area contributed by atoms with Gasteiger partial charge in [-0.05, 0) is 43.9 Å². The van der Waals surface area contributed by atoms with E-state index < -0.39 is 0 Å². The van der Waals surface area contributed by atoms with Gasteiger partial charge in [-0.15, -0.1) is 0 Å². The number of carbonyl (C=O) groups excluding carboxylic acids is 1. The zero-order valence-corrected chi connectivity index (χ0v) is 12.3. The van der Waals surface area contributed by atoms with Crippen molar-refractivity contribution >= 4 is 29.1 Å². The van der Waals surface area contributed by atoms with Crippen LogP contribution in [0.2, 0.25) is 10.0 Å². The van der Waals surface area contributed by atoms with E-state index in [1.54, 1.807) is 23.1 Å². The number of rotatable bonds is 2. The minimum absolute atomic E-state index is 0.0740. The van der Waals surface area contributed by atoms with Crippen LogP contribution in [-0.4, -0.2) is 35.1 Å². The highest BCUT2D eigenvalue weighted by Gasteiger charge is 2.29. The third kappa shape index (κ3) is 3.41. The van der Waals surface area contributed by atoms with Gasteiger partial charge in [0, 0.05) is 34.8 Å². The molecular formula is C14H17Cl2NO2. The Morgan fingerprint density at radius 3 is 2.53 bits per heavy atom. The van der Waals surface area contributed by atoms with E-state index >= 15 is 0 Å². The highest BCUT2D eigenvalue weighted by Crippen LogP contribution is 2.25. The second kappa shape index (κ2) is 6.12. The van der Waals surface area contributed by atoms with Crippen molar-refractivity contribution < 1.29 is 9.90 Å². The summed E-state index contributed by atoms with van der Waals surface area (Å²) >= 11 is 11.9. The third-order valence-corrected chi connectivity index (χ3v) is 4.04. The maximum atomic E-state index is 12.5. The maximum absolute atomic E-state index is 12.5. The van der Waals surface area contributed by atoms with E-state index in [0.29, 0.717) is 22.2 Å². The fourth-order valence-corrected chi connectivity index (χ4v) is 2.98. The maximum Gasteiger partial charge on any atom is 0.254 e. The van der Waals surface area contributed by atoms with Crippen molar-refractivity contribution in [2.24, 2.45) is 5.92 Å².